The van der Waals surface area contributed by atoms with Crippen molar-refractivity contribution in [3.05, 3.63) is 106 Å². The van der Waals surface area contributed by atoms with E-state index in [1.165, 1.54) is 141 Å². The van der Waals surface area contributed by atoms with Crippen molar-refractivity contribution in [2.45, 2.75) is 171 Å². The highest BCUT2D eigenvalue weighted by Gasteiger charge is 2.54. The maximum atomic E-state index is 4.50. The molecule has 0 bridgehead atoms. The smallest absolute Gasteiger partial charge is 0.0330 e. The molecule has 1 N–H and O–H groups in total. The van der Waals surface area contributed by atoms with E-state index in [4.69, 9.17) is 0 Å². The van der Waals surface area contributed by atoms with Crippen LogP contribution in [0.4, 0.5) is 0 Å². The van der Waals surface area contributed by atoms with Crippen LogP contribution < -0.4 is 5.32 Å². The monoisotopic (exact) mass is 781 g/mol. The van der Waals surface area contributed by atoms with Gasteiger partial charge in [0.25, 0.3) is 0 Å². The first-order valence-electron chi connectivity index (χ1n) is 24.7. The van der Waals surface area contributed by atoms with E-state index in [1.807, 2.05) is 5.57 Å². The number of hydrogen-bond acceptors (Lipinski definition) is 3. The highest BCUT2D eigenvalue weighted by molar-refractivity contribution is 8.04. The Hall–Kier alpha value is -2.23. The summed E-state index contributed by atoms with van der Waals surface area (Å²) in [4.78, 5) is 4.96. The van der Waals surface area contributed by atoms with Gasteiger partial charge in [-0.05, 0) is 175 Å². The Labute approximate surface area is 350 Å². The lowest BCUT2D eigenvalue weighted by atomic mass is 9.65. The number of fused-ring (bicyclic) bond motifs is 6. The molecule has 14 atom stereocenters. The van der Waals surface area contributed by atoms with E-state index in [0.29, 0.717) is 23.8 Å². The zero-order chi connectivity index (χ0) is 37.7. The van der Waals surface area contributed by atoms with Gasteiger partial charge in [-0.25, -0.2) is 0 Å². The van der Waals surface area contributed by atoms with E-state index < -0.39 is 0 Å². The van der Waals surface area contributed by atoms with Gasteiger partial charge in [0.1, 0.15) is 0 Å². The Morgan fingerprint density at radius 2 is 1.47 bits per heavy atom. The SMILES string of the molecule is C1=CCC(C2C=CCCC2NC2=C3SC4CCC=CC4C3C(C3=CC(C4C=CCCC4)CCC3)CC2)C(C2=CCCC3C2C2CCCCC2N3C2CC=CCC2)=C1. The Morgan fingerprint density at radius 3 is 2.39 bits per heavy atom. The zero-order valence-electron chi connectivity index (χ0n) is 35.0. The Balaban J connectivity index is 0.875. The molecule has 14 unspecified atom stereocenters. The van der Waals surface area contributed by atoms with Gasteiger partial charge < -0.3 is 5.32 Å². The first kappa shape index (κ1) is 37.7. The predicted molar refractivity (Wildman–Crippen MR) is 241 cm³/mol. The Kier molecular flexibility index (Phi) is 11.0. The number of thioether (sulfide) groups is 1. The molecule has 304 valence electrons. The van der Waals surface area contributed by atoms with Gasteiger partial charge in [0.15, 0.2) is 0 Å². The maximum absolute atomic E-state index is 4.50. The molecule has 2 heterocycles. The summed E-state index contributed by atoms with van der Waals surface area (Å²) >= 11 is 2.33. The standard InChI is InChI=1S/C54H72N2S/c1-3-17-36(18-4-1)37-19-15-20-38(35-37)40-33-34-48(54-53(40)46-27-11-14-32-51(46)57-54)55-47-29-12-9-25-43(47)41-23-7-8-24-42(41)44-28-16-31-50-52(44)45-26-10-13-30-49(45)56(50)39-21-5-2-6-22-39/h2-3,5,7-9,11,17,24-25,27-28,35-37,39-41,43,45-47,49-53,55H,1,4,6,10,12-16,18-23,26,29-34H2. The molecule has 11 aliphatic rings. The lowest BCUT2D eigenvalue weighted by Crippen LogP contribution is -2.47. The van der Waals surface area contributed by atoms with Gasteiger partial charge in [-0.1, -0.05) is 97.4 Å². The second-order valence-corrected chi connectivity index (χ2v) is 21.8. The highest BCUT2D eigenvalue weighted by Crippen LogP contribution is 2.60. The quantitative estimate of drug-likeness (QED) is 0.259. The van der Waals surface area contributed by atoms with Crippen LogP contribution in [0.3, 0.4) is 0 Å². The van der Waals surface area contributed by atoms with Crippen LogP contribution in [0.5, 0.6) is 0 Å². The molecule has 11 rings (SSSR count). The minimum atomic E-state index is 0.529. The summed E-state index contributed by atoms with van der Waals surface area (Å²) in [6.07, 6.45) is 63.4. The van der Waals surface area contributed by atoms with E-state index in [-0.39, 0.29) is 0 Å². The maximum Gasteiger partial charge on any atom is 0.0330 e. The van der Waals surface area contributed by atoms with Crippen molar-refractivity contribution in [2.24, 2.45) is 53.3 Å². The van der Waals surface area contributed by atoms with Crippen LogP contribution in [0, 0.1) is 53.3 Å². The van der Waals surface area contributed by atoms with E-state index in [2.05, 4.69) is 101 Å². The Morgan fingerprint density at radius 1 is 0.596 bits per heavy atom. The number of allylic oxidation sites excluding steroid dienone is 15. The fourth-order valence-corrected chi connectivity index (χ4v) is 17.1. The van der Waals surface area contributed by atoms with Gasteiger partial charge in [-0.2, -0.15) is 0 Å². The molecular weight excluding hydrogens is 709 g/mol. The van der Waals surface area contributed by atoms with E-state index in [1.54, 1.807) is 21.7 Å². The molecule has 57 heavy (non-hydrogen) atoms. The number of nitrogens with zero attached hydrogens (tertiary/aromatic N) is 1. The zero-order valence-corrected chi connectivity index (χ0v) is 35.8. The van der Waals surface area contributed by atoms with Crippen LogP contribution in [0.2, 0.25) is 0 Å². The van der Waals surface area contributed by atoms with E-state index >= 15 is 0 Å². The first-order chi connectivity index (χ1) is 28.3. The van der Waals surface area contributed by atoms with Crippen molar-refractivity contribution in [2.75, 3.05) is 0 Å². The largest absolute Gasteiger partial charge is 0.384 e. The molecule has 0 aromatic carbocycles. The molecule has 1 saturated carbocycles. The van der Waals surface area contributed by atoms with Crippen LogP contribution in [0.1, 0.15) is 141 Å². The molecule has 0 aromatic rings. The fraction of sp³-hybridized carbons (Fsp3) is 0.667. The fourth-order valence-electron chi connectivity index (χ4n) is 15.3. The number of hydrogen-bond donors (Lipinski definition) is 1. The number of nitrogens with one attached hydrogen (secondary N) is 1. The average Bonchev–Trinajstić information content (AvgIpc) is 3.85. The molecule has 0 amide bonds. The lowest BCUT2D eigenvalue weighted by Gasteiger charge is -2.43. The Bertz CT molecular complexity index is 1780. The number of rotatable bonds is 7. The molecule has 3 heteroatoms. The molecular formula is C54H72N2S. The molecule has 0 spiro atoms. The summed E-state index contributed by atoms with van der Waals surface area (Å²) in [5, 5.41) is 5.28. The van der Waals surface area contributed by atoms with Gasteiger partial charge in [-0.3, -0.25) is 4.90 Å². The highest BCUT2D eigenvalue weighted by atomic mass is 32.2. The third-order valence-electron chi connectivity index (χ3n) is 17.7. The second kappa shape index (κ2) is 16.7. The van der Waals surface area contributed by atoms with Gasteiger partial charge in [0.2, 0.25) is 0 Å². The van der Waals surface area contributed by atoms with E-state index in [0.717, 1.165) is 58.9 Å². The van der Waals surface area contributed by atoms with Crippen LogP contribution in [-0.2, 0) is 0 Å². The summed E-state index contributed by atoms with van der Waals surface area (Å²) < 4.78 is 0. The third-order valence-corrected chi connectivity index (χ3v) is 19.3. The van der Waals surface area contributed by atoms with Crippen molar-refractivity contribution in [3.8, 4) is 0 Å². The molecule has 2 saturated heterocycles. The number of likely N-dealkylation sites (tertiary alicyclic amines) is 1. The van der Waals surface area contributed by atoms with Crippen molar-refractivity contribution in [1.82, 2.24) is 10.2 Å². The summed E-state index contributed by atoms with van der Waals surface area (Å²) in [6.45, 7) is 0. The van der Waals surface area contributed by atoms with Crippen molar-refractivity contribution >= 4 is 11.8 Å². The van der Waals surface area contributed by atoms with Gasteiger partial charge >= 0.3 is 0 Å². The van der Waals surface area contributed by atoms with E-state index in [9.17, 15) is 0 Å². The van der Waals surface area contributed by atoms with Crippen LogP contribution >= 0.6 is 11.8 Å². The minimum absolute atomic E-state index is 0.529. The van der Waals surface area contributed by atoms with Crippen molar-refractivity contribution in [1.29, 1.82) is 0 Å². The predicted octanol–water partition coefficient (Wildman–Crippen LogP) is 13.5. The van der Waals surface area contributed by atoms with Crippen molar-refractivity contribution < 1.29 is 0 Å². The van der Waals surface area contributed by atoms with Crippen LogP contribution in [-0.4, -0.2) is 34.3 Å². The molecule has 3 fully saturated rings. The summed E-state index contributed by atoms with van der Waals surface area (Å²) in [6, 6.07) is 2.86. The van der Waals surface area contributed by atoms with Gasteiger partial charge in [-0.15, -0.1) is 11.8 Å². The average molecular weight is 781 g/mol. The summed E-state index contributed by atoms with van der Waals surface area (Å²) in [5.74, 6) is 6.47. The summed E-state index contributed by atoms with van der Waals surface area (Å²) in [5.41, 5.74) is 7.07. The molecule has 0 aromatic heterocycles. The molecule has 2 nitrogen and oxygen atoms in total. The second-order valence-electron chi connectivity index (χ2n) is 20.5. The normalized spacial score (nSPS) is 44.1. The lowest BCUT2D eigenvalue weighted by molar-refractivity contribution is 0.0866. The van der Waals surface area contributed by atoms with Crippen LogP contribution in [0.15, 0.2) is 106 Å². The summed E-state index contributed by atoms with van der Waals surface area (Å²) in [7, 11) is 0. The first-order valence-corrected chi connectivity index (χ1v) is 25.5. The van der Waals surface area contributed by atoms with Crippen LogP contribution in [0.25, 0.3) is 0 Å². The van der Waals surface area contributed by atoms with Gasteiger partial charge in [0.05, 0.1) is 0 Å². The third kappa shape index (κ3) is 7.07. The van der Waals surface area contributed by atoms with Gasteiger partial charge in [0, 0.05) is 57.8 Å². The topological polar surface area (TPSA) is 15.3 Å². The molecule has 2 aliphatic heterocycles. The molecule has 9 aliphatic carbocycles. The minimum Gasteiger partial charge on any atom is -0.384 e. The van der Waals surface area contributed by atoms with Crippen molar-refractivity contribution in [3.63, 3.8) is 0 Å². The molecule has 0 radical (unpaired) electrons.